The maximum atomic E-state index is 2.50. The highest BCUT2D eigenvalue weighted by Gasteiger charge is 2.35. The van der Waals surface area contributed by atoms with E-state index in [1.807, 2.05) is 0 Å². The molecule has 41 heavy (non-hydrogen) atoms. The largest absolute Gasteiger partial charge is 0.113 e. The molecule has 0 saturated heterocycles. The molecule has 0 unspecified atom stereocenters. The second-order valence-corrected chi connectivity index (χ2v) is 16.5. The Balaban J connectivity index is 1.24. The first kappa shape index (κ1) is 23.0. The minimum Gasteiger partial charge on any atom is -0.0619 e. The van der Waals surface area contributed by atoms with Crippen molar-refractivity contribution in [3.05, 3.63) is 133 Å². The Morgan fingerprint density at radius 2 is 0.976 bits per heavy atom. The summed E-state index contributed by atoms with van der Waals surface area (Å²) in [6.45, 7) is 5.01. The molecule has 0 fully saturated rings. The van der Waals surface area contributed by atoms with Crippen LogP contribution in [0.1, 0.15) is 0 Å². The first-order valence-corrected chi connectivity index (χ1v) is 17.5. The Bertz CT molecular complexity index is 2320. The molecular formula is C40H28Si. The molecule has 192 valence electrons. The second kappa shape index (κ2) is 8.16. The smallest absolute Gasteiger partial charge is 0.0619 e. The molecule has 0 amide bonds. The van der Waals surface area contributed by atoms with Crippen LogP contribution in [0.25, 0.3) is 76.5 Å². The third kappa shape index (κ3) is 3.15. The predicted octanol–water partition coefficient (Wildman–Crippen LogP) is 9.87. The van der Waals surface area contributed by atoms with Gasteiger partial charge in [0.05, 0.1) is 0 Å². The van der Waals surface area contributed by atoms with Gasteiger partial charge in [0, 0.05) is 0 Å². The first-order valence-electron chi connectivity index (χ1n) is 14.5. The molecule has 0 bridgehead atoms. The second-order valence-electron chi connectivity index (χ2n) is 12.1. The van der Waals surface area contributed by atoms with Crippen LogP contribution in [0.4, 0.5) is 0 Å². The third-order valence-electron chi connectivity index (χ3n) is 9.60. The standard InChI is InChI=1S/C40H28Si/c1-41(2)36-22-19-30(24-35(36)33-13-5-9-25-10-6-14-37(41)39(25)33)29-11-4-12-31(23-29)32-20-17-28-16-15-26-7-3-8-27-18-21-34(32)40(28)38(26)27/h3-24H,1-2H3. The van der Waals surface area contributed by atoms with Gasteiger partial charge in [0.1, 0.15) is 8.07 Å². The molecule has 1 aliphatic rings. The van der Waals surface area contributed by atoms with E-state index in [2.05, 4.69) is 147 Å². The van der Waals surface area contributed by atoms with Gasteiger partial charge in [-0.2, -0.15) is 0 Å². The van der Waals surface area contributed by atoms with E-state index in [-0.39, 0.29) is 0 Å². The zero-order valence-corrected chi connectivity index (χ0v) is 24.2. The van der Waals surface area contributed by atoms with Gasteiger partial charge >= 0.3 is 0 Å². The van der Waals surface area contributed by atoms with E-state index in [0.29, 0.717) is 0 Å². The van der Waals surface area contributed by atoms with E-state index in [1.165, 1.54) is 81.7 Å². The monoisotopic (exact) mass is 536 g/mol. The fourth-order valence-electron chi connectivity index (χ4n) is 7.58. The van der Waals surface area contributed by atoms with Crippen LogP contribution in [0.3, 0.4) is 0 Å². The Labute approximate surface area is 240 Å². The summed E-state index contributed by atoms with van der Waals surface area (Å²) in [6, 6.07) is 50.4. The van der Waals surface area contributed by atoms with Gasteiger partial charge in [0.25, 0.3) is 0 Å². The quantitative estimate of drug-likeness (QED) is 0.152. The van der Waals surface area contributed by atoms with Crippen molar-refractivity contribution in [1.29, 1.82) is 0 Å². The Morgan fingerprint density at radius 3 is 1.80 bits per heavy atom. The Hall–Kier alpha value is -4.72. The van der Waals surface area contributed by atoms with Gasteiger partial charge < -0.3 is 0 Å². The SMILES string of the molecule is C[Si]1(C)c2ccc(-c3cccc(-c4ccc5ccc6cccc7ccc4c5c67)c3)cc2-c2cccc3cccc1c23. The summed E-state index contributed by atoms with van der Waals surface area (Å²) in [7, 11) is -1.81. The lowest BCUT2D eigenvalue weighted by Gasteiger charge is -2.33. The maximum Gasteiger partial charge on any atom is 0.113 e. The maximum absolute atomic E-state index is 2.50. The summed E-state index contributed by atoms with van der Waals surface area (Å²) in [5.74, 6) is 0. The van der Waals surface area contributed by atoms with Crippen LogP contribution in [0, 0.1) is 0 Å². The molecule has 1 aliphatic heterocycles. The van der Waals surface area contributed by atoms with Crippen LogP contribution in [-0.2, 0) is 0 Å². The lowest BCUT2D eigenvalue weighted by Crippen LogP contribution is -2.55. The summed E-state index contributed by atoms with van der Waals surface area (Å²) < 4.78 is 0. The normalized spacial score (nSPS) is 13.8. The predicted molar refractivity (Wildman–Crippen MR) is 181 cm³/mol. The lowest BCUT2D eigenvalue weighted by molar-refractivity contribution is 1.59. The van der Waals surface area contributed by atoms with Crippen molar-refractivity contribution in [2.24, 2.45) is 0 Å². The van der Waals surface area contributed by atoms with E-state index in [0.717, 1.165) is 0 Å². The molecule has 8 aromatic rings. The number of hydrogen-bond donors (Lipinski definition) is 0. The minimum absolute atomic E-state index is 1.26. The molecule has 0 atom stereocenters. The summed E-state index contributed by atoms with van der Waals surface area (Å²) >= 11 is 0. The van der Waals surface area contributed by atoms with Gasteiger partial charge in [-0.3, -0.25) is 0 Å². The Morgan fingerprint density at radius 1 is 0.366 bits per heavy atom. The lowest BCUT2D eigenvalue weighted by atomic mass is 9.89. The molecule has 1 heterocycles. The van der Waals surface area contributed by atoms with Gasteiger partial charge in [-0.05, 0) is 99.0 Å². The molecule has 0 nitrogen and oxygen atoms in total. The van der Waals surface area contributed by atoms with E-state index in [9.17, 15) is 0 Å². The van der Waals surface area contributed by atoms with E-state index in [4.69, 9.17) is 0 Å². The third-order valence-corrected chi connectivity index (χ3v) is 13.1. The van der Waals surface area contributed by atoms with Gasteiger partial charge in [0.2, 0.25) is 0 Å². The molecule has 9 rings (SSSR count). The van der Waals surface area contributed by atoms with Crippen LogP contribution in [0.2, 0.25) is 13.1 Å². The van der Waals surface area contributed by atoms with Crippen LogP contribution in [0.15, 0.2) is 133 Å². The average molecular weight is 537 g/mol. The van der Waals surface area contributed by atoms with Crippen molar-refractivity contribution < 1.29 is 0 Å². The zero-order chi connectivity index (χ0) is 27.3. The Kier molecular flexibility index (Phi) is 4.58. The van der Waals surface area contributed by atoms with E-state index < -0.39 is 8.07 Å². The summed E-state index contributed by atoms with van der Waals surface area (Å²) in [5.41, 5.74) is 7.90. The molecule has 0 spiro atoms. The van der Waals surface area contributed by atoms with Crippen molar-refractivity contribution in [3.8, 4) is 33.4 Å². The van der Waals surface area contributed by atoms with Crippen LogP contribution in [-0.4, -0.2) is 8.07 Å². The van der Waals surface area contributed by atoms with Crippen LogP contribution < -0.4 is 10.4 Å². The molecule has 1 heteroatoms. The molecule has 8 aromatic carbocycles. The fraction of sp³-hybridized carbons (Fsp3) is 0.0500. The van der Waals surface area contributed by atoms with Crippen LogP contribution >= 0.6 is 0 Å². The van der Waals surface area contributed by atoms with Crippen molar-refractivity contribution >= 4 is 61.5 Å². The fourth-order valence-corrected chi connectivity index (χ4v) is 10.7. The first-order chi connectivity index (χ1) is 20.1. The summed E-state index contributed by atoms with van der Waals surface area (Å²) in [5, 5.41) is 13.9. The van der Waals surface area contributed by atoms with E-state index in [1.54, 1.807) is 5.19 Å². The number of fused-ring (bicyclic) bond motifs is 2. The molecule has 0 aliphatic carbocycles. The van der Waals surface area contributed by atoms with Gasteiger partial charge in [-0.15, -0.1) is 0 Å². The summed E-state index contributed by atoms with van der Waals surface area (Å²) in [4.78, 5) is 0. The topological polar surface area (TPSA) is 0 Å². The number of rotatable bonds is 2. The highest BCUT2D eigenvalue weighted by molar-refractivity contribution is 7.03. The van der Waals surface area contributed by atoms with Crippen molar-refractivity contribution in [2.45, 2.75) is 13.1 Å². The highest BCUT2D eigenvalue weighted by Crippen LogP contribution is 2.41. The van der Waals surface area contributed by atoms with Crippen molar-refractivity contribution in [1.82, 2.24) is 0 Å². The van der Waals surface area contributed by atoms with Gasteiger partial charge in [-0.1, -0.05) is 134 Å². The zero-order valence-electron chi connectivity index (χ0n) is 23.2. The summed E-state index contributed by atoms with van der Waals surface area (Å²) in [6.07, 6.45) is 0. The molecule has 0 radical (unpaired) electrons. The van der Waals surface area contributed by atoms with Crippen LogP contribution in [0.5, 0.6) is 0 Å². The highest BCUT2D eigenvalue weighted by atomic mass is 28.3. The minimum atomic E-state index is -1.81. The van der Waals surface area contributed by atoms with Gasteiger partial charge in [0.15, 0.2) is 0 Å². The number of hydrogen-bond acceptors (Lipinski definition) is 0. The average Bonchev–Trinajstić information content (AvgIpc) is 3.02. The molecule has 0 saturated carbocycles. The van der Waals surface area contributed by atoms with Crippen molar-refractivity contribution in [2.75, 3.05) is 0 Å². The van der Waals surface area contributed by atoms with Gasteiger partial charge in [-0.25, -0.2) is 0 Å². The van der Waals surface area contributed by atoms with E-state index >= 15 is 0 Å². The molecular weight excluding hydrogens is 509 g/mol. The molecule has 0 N–H and O–H groups in total. The van der Waals surface area contributed by atoms with Crippen molar-refractivity contribution in [3.63, 3.8) is 0 Å². The molecule has 0 aromatic heterocycles. The number of benzene rings is 8.